The second-order valence-electron chi connectivity index (χ2n) is 14.9. The molecule has 8 rings (SSSR count). The van der Waals surface area contributed by atoms with E-state index in [1.54, 1.807) is 18.0 Å². The minimum atomic E-state index is -0.940. The van der Waals surface area contributed by atoms with Crippen LogP contribution in [0.5, 0.6) is 11.6 Å². The Balaban J connectivity index is 1.02. The van der Waals surface area contributed by atoms with Crippen LogP contribution in [0.2, 0.25) is 5.02 Å². The molecule has 7 heterocycles. The third-order valence-electron chi connectivity index (χ3n) is 10.9. The Hall–Kier alpha value is -6.30. The van der Waals surface area contributed by atoms with Crippen molar-refractivity contribution in [3.63, 3.8) is 0 Å². The molecular weight excluding hydrogens is 777 g/mol. The molecule has 58 heavy (non-hydrogen) atoms. The second kappa shape index (κ2) is 14.6. The Kier molecular flexibility index (Phi) is 9.69. The fourth-order valence-corrected chi connectivity index (χ4v) is 8.35. The summed E-state index contributed by atoms with van der Waals surface area (Å²) in [7, 11) is 4.47. The lowest BCUT2D eigenvalue weighted by Gasteiger charge is -2.32. The Labute approximate surface area is 334 Å². The Morgan fingerprint density at radius 2 is 1.79 bits per heavy atom. The van der Waals surface area contributed by atoms with E-state index in [0.29, 0.717) is 40.5 Å². The van der Waals surface area contributed by atoms with E-state index in [4.69, 9.17) is 26.1 Å². The average molecular weight is 816 g/mol. The molecular formula is C39H39ClFN9O8. The number of nitrogens with zero attached hydrogens (tertiary/aromatic N) is 8. The first kappa shape index (κ1) is 38.6. The fraction of sp³-hybridized carbons (Fsp3) is 0.385. The van der Waals surface area contributed by atoms with Gasteiger partial charge in [-0.25, -0.2) is 19.2 Å². The van der Waals surface area contributed by atoms with E-state index in [0.717, 1.165) is 0 Å². The number of aryl methyl sites for hydroxylation is 2. The van der Waals surface area contributed by atoms with Gasteiger partial charge in [-0.3, -0.25) is 43.3 Å². The normalized spacial score (nSPS) is 17.4. The van der Waals surface area contributed by atoms with Gasteiger partial charge in [0.05, 0.1) is 41.0 Å². The molecule has 3 aliphatic rings. The van der Waals surface area contributed by atoms with Crippen molar-refractivity contribution in [2.24, 2.45) is 14.1 Å². The third-order valence-corrected chi connectivity index (χ3v) is 11.1. The SMILES string of the molecule is COc1ncc(C(=O)N2CCC(Oc3c(F)ccc4c3n(C)c(=O)n4C3CCC(=O)NC3=O)CC2)cc1-c1nc2c(n1C(C)C)CN(c1cc(Cl)cn(C)c1=O)C2=O. The number of methoxy groups -OCH3 is 1. The number of imide groups is 1. The van der Waals surface area contributed by atoms with Crippen molar-refractivity contribution in [3.05, 3.63) is 85.3 Å². The van der Waals surface area contributed by atoms with Gasteiger partial charge in [0.2, 0.25) is 17.7 Å². The van der Waals surface area contributed by atoms with Gasteiger partial charge in [-0.05, 0) is 44.5 Å². The first-order valence-electron chi connectivity index (χ1n) is 18.7. The number of imidazole rings is 2. The number of benzene rings is 1. The molecule has 19 heteroatoms. The smallest absolute Gasteiger partial charge is 0.329 e. The first-order valence-corrected chi connectivity index (χ1v) is 19.1. The van der Waals surface area contributed by atoms with Crippen LogP contribution in [0.3, 0.4) is 0 Å². The van der Waals surface area contributed by atoms with E-state index in [1.165, 1.54) is 63.4 Å². The van der Waals surface area contributed by atoms with E-state index in [-0.39, 0.29) is 84.1 Å². The highest BCUT2D eigenvalue weighted by Crippen LogP contribution is 2.38. The maximum absolute atomic E-state index is 15.4. The second-order valence-corrected chi connectivity index (χ2v) is 15.3. The van der Waals surface area contributed by atoms with Crippen molar-refractivity contribution in [3.8, 4) is 23.0 Å². The van der Waals surface area contributed by atoms with Crippen molar-refractivity contribution < 1.29 is 33.0 Å². The molecule has 4 amide bonds. The van der Waals surface area contributed by atoms with Crippen LogP contribution < -0.4 is 30.9 Å². The van der Waals surface area contributed by atoms with Crippen LogP contribution in [-0.2, 0) is 30.2 Å². The molecule has 2 saturated heterocycles. The summed E-state index contributed by atoms with van der Waals surface area (Å²) >= 11 is 6.24. The highest BCUT2D eigenvalue weighted by molar-refractivity contribution is 6.30. The van der Waals surface area contributed by atoms with Crippen molar-refractivity contribution in [1.29, 1.82) is 0 Å². The summed E-state index contributed by atoms with van der Waals surface area (Å²) in [6, 6.07) is 4.55. The number of likely N-dealkylation sites (tertiary alicyclic amines) is 1. The van der Waals surface area contributed by atoms with E-state index < -0.39 is 41.4 Å². The van der Waals surface area contributed by atoms with Crippen LogP contribution in [0.25, 0.3) is 22.4 Å². The number of anilines is 1. The predicted octanol–water partition coefficient (Wildman–Crippen LogP) is 3.50. The van der Waals surface area contributed by atoms with Gasteiger partial charge in [0.15, 0.2) is 17.3 Å². The van der Waals surface area contributed by atoms with Crippen LogP contribution in [0.4, 0.5) is 10.1 Å². The summed E-state index contributed by atoms with van der Waals surface area (Å²) in [5.41, 5.74) is 1.06. The molecule has 0 radical (unpaired) electrons. The number of rotatable bonds is 8. The maximum Gasteiger partial charge on any atom is 0.329 e. The van der Waals surface area contributed by atoms with Gasteiger partial charge in [0.25, 0.3) is 17.4 Å². The highest BCUT2D eigenvalue weighted by atomic mass is 35.5. The van der Waals surface area contributed by atoms with Crippen molar-refractivity contribution in [2.75, 3.05) is 25.1 Å². The van der Waals surface area contributed by atoms with E-state index in [9.17, 15) is 28.8 Å². The number of nitrogens with one attached hydrogen (secondary N) is 1. The molecule has 0 aliphatic carbocycles. The van der Waals surface area contributed by atoms with Gasteiger partial charge in [0, 0.05) is 64.9 Å². The standard InChI is InChI=1S/C39H39ClFN9O8/c1-19(2)49-28-18-48(27-15-21(40)17-45(3)37(27)54)38(55)30(28)44-33(49)23-14-20(16-42-35(23)57-5)36(53)47-12-10-22(11-13-47)58-32-24(41)6-7-25-31(32)46(4)39(56)50(25)26-8-9-29(51)43-34(26)52/h6-7,14-17,19,22,26H,8-13,18H2,1-5H3,(H,43,51,52). The van der Waals surface area contributed by atoms with Crippen LogP contribution in [0, 0.1) is 5.82 Å². The monoisotopic (exact) mass is 815 g/mol. The van der Waals surface area contributed by atoms with Gasteiger partial charge >= 0.3 is 5.69 Å². The topological polar surface area (TPSA) is 185 Å². The number of pyridine rings is 2. The lowest BCUT2D eigenvalue weighted by atomic mass is 10.1. The molecule has 5 aromatic rings. The Morgan fingerprint density at radius 3 is 2.48 bits per heavy atom. The molecule has 1 aromatic carbocycles. The summed E-state index contributed by atoms with van der Waals surface area (Å²) in [6.07, 6.45) is 3.26. The number of halogens is 2. The number of amides is 4. The molecule has 302 valence electrons. The highest BCUT2D eigenvalue weighted by Gasteiger charge is 2.39. The minimum Gasteiger partial charge on any atom is -0.485 e. The first-order chi connectivity index (χ1) is 27.7. The van der Waals surface area contributed by atoms with E-state index in [1.807, 2.05) is 18.4 Å². The van der Waals surface area contributed by atoms with Crippen LogP contribution in [-0.4, -0.2) is 83.1 Å². The lowest BCUT2D eigenvalue weighted by Crippen LogP contribution is -2.44. The lowest BCUT2D eigenvalue weighted by molar-refractivity contribution is -0.135. The number of piperidine rings is 2. The van der Waals surface area contributed by atoms with Gasteiger partial charge in [-0.1, -0.05) is 11.6 Å². The number of hydrogen-bond donors (Lipinski definition) is 1. The summed E-state index contributed by atoms with van der Waals surface area (Å²) in [6.45, 7) is 4.46. The number of aromatic nitrogens is 6. The zero-order valence-electron chi connectivity index (χ0n) is 32.2. The van der Waals surface area contributed by atoms with Crippen molar-refractivity contribution in [2.45, 2.75) is 64.3 Å². The van der Waals surface area contributed by atoms with Gasteiger partial charge in [-0.2, -0.15) is 0 Å². The number of fused-ring (bicyclic) bond motifs is 2. The van der Waals surface area contributed by atoms with Gasteiger partial charge in [0.1, 0.15) is 29.2 Å². The minimum absolute atomic E-state index is 0.0643. The summed E-state index contributed by atoms with van der Waals surface area (Å²) in [5.74, 6) is -2.07. The average Bonchev–Trinajstić information content (AvgIpc) is 3.81. The van der Waals surface area contributed by atoms with E-state index >= 15 is 4.39 Å². The van der Waals surface area contributed by atoms with Crippen LogP contribution in [0.15, 0.2) is 46.2 Å². The van der Waals surface area contributed by atoms with Crippen LogP contribution in [0.1, 0.15) is 78.2 Å². The largest absolute Gasteiger partial charge is 0.485 e. The maximum atomic E-state index is 15.4. The predicted molar refractivity (Wildman–Crippen MR) is 208 cm³/mol. The zero-order valence-corrected chi connectivity index (χ0v) is 33.0. The molecule has 4 aromatic heterocycles. The quantitative estimate of drug-likeness (QED) is 0.228. The number of carbonyl (C=O) groups is 4. The van der Waals surface area contributed by atoms with E-state index in [2.05, 4.69) is 10.3 Å². The molecule has 1 N–H and O–H groups in total. The molecule has 1 unspecified atom stereocenters. The fourth-order valence-electron chi connectivity index (χ4n) is 8.10. The number of hydrogen-bond acceptors (Lipinski definition) is 10. The number of carbonyl (C=O) groups excluding carboxylic acids is 4. The van der Waals surface area contributed by atoms with Crippen molar-refractivity contribution in [1.82, 2.24) is 38.5 Å². The Bertz CT molecular complexity index is 2690. The molecule has 17 nitrogen and oxygen atoms in total. The summed E-state index contributed by atoms with van der Waals surface area (Å²) in [5, 5.41) is 2.57. The van der Waals surface area contributed by atoms with Crippen molar-refractivity contribution >= 4 is 52.0 Å². The van der Waals surface area contributed by atoms with Gasteiger partial charge in [-0.15, -0.1) is 0 Å². The molecule has 1 atom stereocenters. The Morgan fingerprint density at radius 1 is 1.05 bits per heavy atom. The third kappa shape index (κ3) is 6.31. The molecule has 2 fully saturated rings. The van der Waals surface area contributed by atoms with Gasteiger partial charge < -0.3 is 23.5 Å². The summed E-state index contributed by atoms with van der Waals surface area (Å²) < 4.78 is 32.9. The zero-order chi connectivity index (χ0) is 41.3. The molecule has 0 spiro atoms. The summed E-state index contributed by atoms with van der Waals surface area (Å²) in [4.78, 5) is 90.7. The molecule has 0 bridgehead atoms. The number of ether oxygens (including phenoxy) is 2. The molecule has 0 saturated carbocycles. The van der Waals surface area contributed by atoms with Crippen LogP contribution >= 0.6 is 11.6 Å². The molecule has 3 aliphatic heterocycles.